The minimum Gasteiger partial charge on any atom is -0.346 e. The van der Waals surface area contributed by atoms with Gasteiger partial charge < -0.3 is 9.88 Å². The molecule has 3 aromatic rings. The fourth-order valence-electron chi connectivity index (χ4n) is 4.90. The molecule has 160 valence electrons. The van der Waals surface area contributed by atoms with Crippen molar-refractivity contribution >= 4 is 16.9 Å². The molecule has 0 radical (unpaired) electrons. The van der Waals surface area contributed by atoms with Crippen LogP contribution in [-0.4, -0.2) is 35.7 Å². The van der Waals surface area contributed by atoms with Gasteiger partial charge in [0.25, 0.3) is 0 Å². The van der Waals surface area contributed by atoms with Gasteiger partial charge in [-0.3, -0.25) is 4.79 Å². The lowest BCUT2D eigenvalue weighted by Crippen LogP contribution is -2.38. The van der Waals surface area contributed by atoms with Crippen molar-refractivity contribution < 1.29 is 4.79 Å². The Morgan fingerprint density at radius 3 is 2.63 bits per heavy atom. The number of rotatable bonds is 7. The zero-order valence-electron chi connectivity index (χ0n) is 18.1. The number of carbonyl (C=O) groups is 1. The Kier molecular flexibility index (Phi) is 5.83. The smallest absolute Gasteiger partial charge is 0.221 e. The molecule has 1 amide bonds. The number of hydrogen-bond donors (Lipinski definition) is 1. The molecule has 0 saturated heterocycles. The maximum atomic E-state index is 13.1. The molecule has 2 heterocycles. The van der Waals surface area contributed by atoms with Gasteiger partial charge in [0.2, 0.25) is 5.91 Å². The number of carbonyl (C=O) groups excluding carboxylic acids is 1. The van der Waals surface area contributed by atoms with Crippen molar-refractivity contribution in [3.63, 3.8) is 0 Å². The van der Waals surface area contributed by atoms with E-state index in [9.17, 15) is 4.79 Å². The van der Waals surface area contributed by atoms with E-state index in [1.165, 1.54) is 6.42 Å². The van der Waals surface area contributed by atoms with E-state index in [1.807, 2.05) is 25.1 Å². The minimum absolute atomic E-state index is 0.0693. The maximum Gasteiger partial charge on any atom is 0.221 e. The van der Waals surface area contributed by atoms with Crippen LogP contribution in [0.4, 0.5) is 0 Å². The first kappa shape index (κ1) is 20.5. The second-order valence-electron chi connectivity index (χ2n) is 8.96. The van der Waals surface area contributed by atoms with Crippen molar-refractivity contribution in [2.75, 3.05) is 0 Å². The molecular formula is C22H31N7O. The topological polar surface area (TPSA) is 90.5 Å². The number of hydrogen-bond acceptors (Lipinski definition) is 5. The van der Waals surface area contributed by atoms with Gasteiger partial charge in [-0.1, -0.05) is 31.4 Å². The van der Waals surface area contributed by atoms with Crippen molar-refractivity contribution in [2.45, 2.75) is 77.9 Å². The van der Waals surface area contributed by atoms with E-state index < -0.39 is 0 Å². The molecule has 8 heteroatoms. The van der Waals surface area contributed by atoms with Gasteiger partial charge in [0.15, 0.2) is 0 Å². The molecule has 1 atom stereocenters. The third kappa shape index (κ3) is 4.22. The van der Waals surface area contributed by atoms with Crippen LogP contribution in [0.25, 0.3) is 11.0 Å². The Balaban J connectivity index is 1.51. The average molecular weight is 410 g/mol. The van der Waals surface area contributed by atoms with Gasteiger partial charge in [-0.05, 0) is 61.6 Å². The number of nitrogens with zero attached hydrogens (tertiary/aromatic N) is 6. The van der Waals surface area contributed by atoms with Crippen LogP contribution in [0.1, 0.15) is 77.2 Å². The number of amides is 1. The normalized spacial score (nSPS) is 17.3. The minimum atomic E-state index is -0.166. The van der Waals surface area contributed by atoms with E-state index >= 15 is 0 Å². The molecule has 0 unspecified atom stereocenters. The van der Waals surface area contributed by atoms with Crippen molar-refractivity contribution in [2.24, 2.45) is 5.41 Å². The first-order chi connectivity index (χ1) is 14.5. The van der Waals surface area contributed by atoms with Gasteiger partial charge >= 0.3 is 0 Å². The molecule has 8 nitrogen and oxygen atoms in total. The molecule has 30 heavy (non-hydrogen) atoms. The van der Waals surface area contributed by atoms with Gasteiger partial charge in [-0.2, -0.15) is 0 Å². The standard InChI is InChI=1S/C22H31N7O/c1-16(2)29-19-10-6-5-9-18(19)25-21(29)17(3)24-20(30)13-22(11-7-4-8-12-22)14-28-15-23-26-27-28/h5-6,9-10,15-17H,4,7-8,11-14H2,1-3H3,(H,24,30)/t17-/m0/s1. The summed E-state index contributed by atoms with van der Waals surface area (Å²) in [6.45, 7) is 7.00. The van der Waals surface area contributed by atoms with Crippen molar-refractivity contribution in [3.05, 3.63) is 36.4 Å². The summed E-state index contributed by atoms with van der Waals surface area (Å²) in [7, 11) is 0. The van der Waals surface area contributed by atoms with E-state index in [4.69, 9.17) is 4.98 Å². The van der Waals surface area contributed by atoms with Crippen LogP contribution in [0.5, 0.6) is 0 Å². The predicted molar refractivity (Wildman–Crippen MR) is 115 cm³/mol. The van der Waals surface area contributed by atoms with Crippen molar-refractivity contribution in [3.8, 4) is 0 Å². The molecule has 1 aliphatic carbocycles. The summed E-state index contributed by atoms with van der Waals surface area (Å²) in [5.41, 5.74) is 1.98. The summed E-state index contributed by atoms with van der Waals surface area (Å²) in [4.78, 5) is 17.9. The summed E-state index contributed by atoms with van der Waals surface area (Å²) in [5.74, 6) is 0.970. The zero-order chi connectivity index (χ0) is 21.1. The largest absolute Gasteiger partial charge is 0.346 e. The number of fused-ring (bicyclic) bond motifs is 1. The third-order valence-electron chi connectivity index (χ3n) is 6.24. The van der Waals surface area contributed by atoms with Gasteiger partial charge in [0.1, 0.15) is 12.2 Å². The molecule has 1 aliphatic rings. The molecular weight excluding hydrogens is 378 g/mol. The molecule has 1 saturated carbocycles. The lowest BCUT2D eigenvalue weighted by molar-refractivity contribution is -0.125. The van der Waals surface area contributed by atoms with Crippen molar-refractivity contribution in [1.29, 1.82) is 0 Å². The quantitative estimate of drug-likeness (QED) is 0.641. The molecule has 0 bridgehead atoms. The Bertz CT molecular complexity index is 986. The van der Waals surface area contributed by atoms with Crippen LogP contribution in [0.2, 0.25) is 0 Å². The van der Waals surface area contributed by atoms with Crippen LogP contribution < -0.4 is 5.32 Å². The number of imidazole rings is 1. The maximum absolute atomic E-state index is 13.1. The summed E-state index contributed by atoms with van der Waals surface area (Å²) >= 11 is 0. The highest BCUT2D eigenvalue weighted by atomic mass is 16.1. The Labute approximate surface area is 177 Å². The number of tetrazole rings is 1. The highest BCUT2D eigenvalue weighted by Gasteiger charge is 2.36. The third-order valence-corrected chi connectivity index (χ3v) is 6.24. The van der Waals surface area contributed by atoms with Crippen LogP contribution >= 0.6 is 0 Å². The second-order valence-corrected chi connectivity index (χ2v) is 8.96. The summed E-state index contributed by atoms with van der Waals surface area (Å²) < 4.78 is 3.98. The highest BCUT2D eigenvalue weighted by Crippen LogP contribution is 2.40. The number of aromatic nitrogens is 6. The van der Waals surface area contributed by atoms with E-state index in [-0.39, 0.29) is 23.4 Å². The zero-order valence-corrected chi connectivity index (χ0v) is 18.1. The van der Waals surface area contributed by atoms with Crippen LogP contribution in [0.3, 0.4) is 0 Å². The molecule has 0 aliphatic heterocycles. The summed E-state index contributed by atoms with van der Waals surface area (Å²) in [6, 6.07) is 8.23. The summed E-state index contributed by atoms with van der Waals surface area (Å²) in [6.07, 6.45) is 7.70. The molecule has 0 spiro atoms. The Hall–Kier alpha value is -2.77. The first-order valence-electron chi connectivity index (χ1n) is 10.9. The second kappa shape index (κ2) is 8.53. The number of para-hydroxylation sites is 2. The number of benzene rings is 1. The first-order valence-corrected chi connectivity index (χ1v) is 10.9. The monoisotopic (exact) mass is 409 g/mol. The predicted octanol–water partition coefficient (Wildman–Crippen LogP) is 3.82. The summed E-state index contributed by atoms with van der Waals surface area (Å²) in [5, 5.41) is 14.8. The Morgan fingerprint density at radius 2 is 1.93 bits per heavy atom. The molecule has 2 aromatic heterocycles. The molecule has 4 rings (SSSR count). The number of nitrogens with one attached hydrogen (secondary N) is 1. The van der Waals surface area contributed by atoms with E-state index in [1.54, 1.807) is 11.0 Å². The van der Waals surface area contributed by atoms with E-state index in [0.29, 0.717) is 13.0 Å². The fraction of sp³-hybridized carbons (Fsp3) is 0.591. The van der Waals surface area contributed by atoms with Crippen LogP contribution in [0, 0.1) is 5.41 Å². The van der Waals surface area contributed by atoms with Gasteiger partial charge in [0.05, 0.1) is 23.6 Å². The molecule has 1 N–H and O–H groups in total. The fourth-order valence-corrected chi connectivity index (χ4v) is 4.90. The average Bonchev–Trinajstić information content (AvgIpc) is 3.35. The van der Waals surface area contributed by atoms with Crippen molar-refractivity contribution in [1.82, 2.24) is 35.1 Å². The lowest BCUT2D eigenvalue weighted by atomic mass is 9.71. The van der Waals surface area contributed by atoms with Crippen LogP contribution in [0.15, 0.2) is 30.6 Å². The van der Waals surface area contributed by atoms with Crippen LogP contribution in [-0.2, 0) is 11.3 Å². The van der Waals surface area contributed by atoms with E-state index in [2.05, 4.69) is 45.3 Å². The lowest BCUT2D eigenvalue weighted by Gasteiger charge is -2.36. The highest BCUT2D eigenvalue weighted by molar-refractivity contribution is 5.78. The van der Waals surface area contributed by atoms with Gasteiger partial charge in [-0.15, -0.1) is 5.10 Å². The Morgan fingerprint density at radius 1 is 1.17 bits per heavy atom. The molecule has 1 aromatic carbocycles. The van der Waals surface area contributed by atoms with Gasteiger partial charge in [-0.25, -0.2) is 9.67 Å². The van der Waals surface area contributed by atoms with E-state index in [0.717, 1.165) is 42.5 Å². The molecule has 1 fully saturated rings. The SMILES string of the molecule is CC(C)n1c([C@H](C)NC(=O)CC2(Cn3cnnn3)CCCCC2)nc2ccccc21. The van der Waals surface area contributed by atoms with Gasteiger partial charge in [0, 0.05) is 12.5 Å².